The SMILES string of the molecule is CN(C)C(CNc1ccc2nnnn2n1)c1ccccc1Cl. The number of anilines is 1. The molecule has 0 saturated heterocycles. The van der Waals surface area contributed by atoms with Gasteiger partial charge in [0, 0.05) is 11.6 Å². The number of rotatable bonds is 5. The van der Waals surface area contributed by atoms with Gasteiger partial charge in [0.1, 0.15) is 5.82 Å². The zero-order valence-electron chi connectivity index (χ0n) is 12.3. The van der Waals surface area contributed by atoms with Crippen LogP contribution in [-0.2, 0) is 0 Å². The van der Waals surface area contributed by atoms with Crippen LogP contribution < -0.4 is 5.32 Å². The number of nitrogens with one attached hydrogen (secondary N) is 1. The fourth-order valence-corrected chi connectivity index (χ4v) is 2.52. The highest BCUT2D eigenvalue weighted by atomic mass is 35.5. The van der Waals surface area contributed by atoms with Gasteiger partial charge in [-0.1, -0.05) is 29.8 Å². The first-order valence-electron chi connectivity index (χ1n) is 6.85. The molecule has 1 aromatic carbocycles. The van der Waals surface area contributed by atoms with Crippen molar-refractivity contribution in [3.63, 3.8) is 0 Å². The van der Waals surface area contributed by atoms with E-state index in [1.807, 2.05) is 50.5 Å². The van der Waals surface area contributed by atoms with Crippen LogP contribution in [0.5, 0.6) is 0 Å². The molecule has 0 aliphatic carbocycles. The average molecular weight is 318 g/mol. The number of likely N-dealkylation sites (N-methyl/N-ethyl adjacent to an activating group) is 1. The van der Waals surface area contributed by atoms with Crippen molar-refractivity contribution < 1.29 is 0 Å². The predicted molar refractivity (Wildman–Crippen MR) is 84.9 cm³/mol. The van der Waals surface area contributed by atoms with E-state index in [0.29, 0.717) is 18.0 Å². The molecule has 0 aliphatic heterocycles. The average Bonchev–Trinajstić information content (AvgIpc) is 2.96. The first-order chi connectivity index (χ1) is 10.6. The van der Waals surface area contributed by atoms with E-state index in [1.165, 1.54) is 4.63 Å². The summed E-state index contributed by atoms with van der Waals surface area (Å²) in [6.45, 7) is 0.664. The highest BCUT2D eigenvalue weighted by molar-refractivity contribution is 6.31. The smallest absolute Gasteiger partial charge is 0.200 e. The van der Waals surface area contributed by atoms with E-state index >= 15 is 0 Å². The third kappa shape index (κ3) is 3.00. The van der Waals surface area contributed by atoms with Crippen LogP contribution in [0.2, 0.25) is 5.02 Å². The summed E-state index contributed by atoms with van der Waals surface area (Å²) in [5.41, 5.74) is 1.69. The Balaban J connectivity index is 1.78. The number of tetrazole rings is 1. The number of hydrogen-bond donors (Lipinski definition) is 1. The van der Waals surface area contributed by atoms with Gasteiger partial charge in [0.2, 0.25) is 0 Å². The Morgan fingerprint density at radius 2 is 2.05 bits per heavy atom. The molecule has 114 valence electrons. The number of hydrogen-bond acceptors (Lipinski definition) is 6. The highest BCUT2D eigenvalue weighted by Gasteiger charge is 2.17. The lowest BCUT2D eigenvalue weighted by Crippen LogP contribution is -2.27. The second-order valence-electron chi connectivity index (χ2n) is 5.13. The van der Waals surface area contributed by atoms with Crippen LogP contribution in [0.4, 0.5) is 5.82 Å². The van der Waals surface area contributed by atoms with E-state index in [4.69, 9.17) is 11.6 Å². The van der Waals surface area contributed by atoms with Crippen LogP contribution in [-0.4, -0.2) is 50.8 Å². The number of fused-ring (bicyclic) bond motifs is 1. The largest absolute Gasteiger partial charge is 0.367 e. The monoisotopic (exact) mass is 317 g/mol. The molecule has 0 bridgehead atoms. The first kappa shape index (κ1) is 14.7. The Labute approximate surface area is 132 Å². The Morgan fingerprint density at radius 3 is 2.82 bits per heavy atom. The zero-order chi connectivity index (χ0) is 15.5. The Bertz CT molecular complexity index is 770. The molecular weight excluding hydrogens is 302 g/mol. The number of nitrogens with zero attached hydrogens (tertiary/aromatic N) is 6. The van der Waals surface area contributed by atoms with Gasteiger partial charge in [-0.25, -0.2) is 0 Å². The van der Waals surface area contributed by atoms with E-state index in [-0.39, 0.29) is 6.04 Å². The summed E-state index contributed by atoms with van der Waals surface area (Å²) in [4.78, 5) is 2.11. The molecular formula is C14H16ClN7. The predicted octanol–water partition coefficient (Wildman–Crippen LogP) is 1.89. The lowest BCUT2D eigenvalue weighted by Gasteiger charge is -2.26. The van der Waals surface area contributed by atoms with Crippen LogP contribution in [0.25, 0.3) is 5.65 Å². The maximum atomic E-state index is 6.31. The van der Waals surface area contributed by atoms with Crippen LogP contribution in [0.1, 0.15) is 11.6 Å². The summed E-state index contributed by atoms with van der Waals surface area (Å²) in [5, 5.41) is 19.6. The minimum atomic E-state index is 0.125. The third-order valence-corrected chi connectivity index (χ3v) is 3.78. The van der Waals surface area contributed by atoms with Gasteiger partial charge in [0.25, 0.3) is 0 Å². The molecule has 2 heterocycles. The van der Waals surface area contributed by atoms with Gasteiger partial charge in [0.05, 0.1) is 6.04 Å². The van der Waals surface area contributed by atoms with Gasteiger partial charge in [0.15, 0.2) is 5.65 Å². The minimum absolute atomic E-state index is 0.125. The van der Waals surface area contributed by atoms with Crippen molar-refractivity contribution >= 4 is 23.1 Å². The van der Waals surface area contributed by atoms with Gasteiger partial charge in [-0.2, -0.15) is 0 Å². The molecule has 3 rings (SSSR count). The van der Waals surface area contributed by atoms with E-state index in [1.54, 1.807) is 0 Å². The van der Waals surface area contributed by atoms with Crippen molar-refractivity contribution in [1.29, 1.82) is 0 Å². The first-order valence-corrected chi connectivity index (χ1v) is 7.23. The number of aromatic nitrogens is 5. The van der Waals surface area contributed by atoms with Gasteiger partial charge >= 0.3 is 0 Å². The Hall–Kier alpha value is -2.25. The van der Waals surface area contributed by atoms with E-state index in [0.717, 1.165) is 10.6 Å². The molecule has 0 spiro atoms. The molecule has 1 unspecified atom stereocenters. The van der Waals surface area contributed by atoms with Crippen molar-refractivity contribution in [3.05, 3.63) is 47.0 Å². The number of halogens is 1. The molecule has 1 atom stereocenters. The van der Waals surface area contributed by atoms with Crippen LogP contribution in [0.3, 0.4) is 0 Å². The summed E-state index contributed by atoms with van der Waals surface area (Å²) in [6.07, 6.45) is 0. The summed E-state index contributed by atoms with van der Waals surface area (Å²) in [6, 6.07) is 11.6. The normalized spacial score (nSPS) is 12.7. The third-order valence-electron chi connectivity index (χ3n) is 3.43. The Kier molecular flexibility index (Phi) is 4.17. The summed E-state index contributed by atoms with van der Waals surface area (Å²) < 4.78 is 1.39. The van der Waals surface area contributed by atoms with Crippen molar-refractivity contribution in [2.24, 2.45) is 0 Å². The second-order valence-corrected chi connectivity index (χ2v) is 5.53. The fraction of sp³-hybridized carbons (Fsp3) is 0.286. The van der Waals surface area contributed by atoms with E-state index < -0.39 is 0 Å². The second kappa shape index (κ2) is 6.25. The molecule has 0 aliphatic rings. The topological polar surface area (TPSA) is 71.2 Å². The molecule has 0 amide bonds. The molecule has 8 heteroatoms. The summed E-state index contributed by atoms with van der Waals surface area (Å²) in [7, 11) is 4.04. The van der Waals surface area contributed by atoms with Gasteiger partial charge in [-0.05, 0) is 48.3 Å². The molecule has 0 saturated carbocycles. The lowest BCUT2D eigenvalue weighted by molar-refractivity contribution is 0.311. The number of benzene rings is 1. The van der Waals surface area contributed by atoms with Crippen molar-refractivity contribution in [3.8, 4) is 0 Å². The van der Waals surface area contributed by atoms with Gasteiger partial charge in [-0.3, -0.25) is 0 Å². The quantitative estimate of drug-likeness (QED) is 0.775. The van der Waals surface area contributed by atoms with Gasteiger partial charge in [-0.15, -0.1) is 14.8 Å². The molecule has 0 fully saturated rings. The molecule has 22 heavy (non-hydrogen) atoms. The molecule has 1 N–H and O–H groups in total. The van der Waals surface area contributed by atoms with Crippen molar-refractivity contribution in [2.75, 3.05) is 26.0 Å². The highest BCUT2D eigenvalue weighted by Crippen LogP contribution is 2.26. The summed E-state index contributed by atoms with van der Waals surface area (Å²) in [5.74, 6) is 0.707. The molecule has 2 aromatic heterocycles. The molecule has 3 aromatic rings. The molecule has 7 nitrogen and oxygen atoms in total. The maximum absolute atomic E-state index is 6.31. The van der Waals surface area contributed by atoms with Crippen molar-refractivity contribution in [2.45, 2.75) is 6.04 Å². The van der Waals surface area contributed by atoms with E-state index in [9.17, 15) is 0 Å². The van der Waals surface area contributed by atoms with Crippen LogP contribution in [0, 0.1) is 0 Å². The maximum Gasteiger partial charge on any atom is 0.200 e. The zero-order valence-corrected chi connectivity index (χ0v) is 13.1. The van der Waals surface area contributed by atoms with E-state index in [2.05, 4.69) is 30.8 Å². The van der Waals surface area contributed by atoms with Crippen LogP contribution >= 0.6 is 11.6 Å². The fourth-order valence-electron chi connectivity index (χ4n) is 2.26. The van der Waals surface area contributed by atoms with Crippen LogP contribution in [0.15, 0.2) is 36.4 Å². The summed E-state index contributed by atoms with van der Waals surface area (Å²) >= 11 is 6.31. The molecule has 0 radical (unpaired) electrons. The van der Waals surface area contributed by atoms with Gasteiger partial charge < -0.3 is 10.2 Å². The lowest BCUT2D eigenvalue weighted by atomic mass is 10.1. The standard InChI is InChI=1S/C14H16ClN7/c1-21(2)12(10-5-3-4-6-11(10)15)9-16-13-7-8-14-17-19-20-22(14)18-13/h3-8,12H,9H2,1-2H3,(H,16,18). The minimum Gasteiger partial charge on any atom is -0.367 e. The Morgan fingerprint density at radius 1 is 1.23 bits per heavy atom. The van der Waals surface area contributed by atoms with Crippen molar-refractivity contribution in [1.82, 2.24) is 30.2 Å².